The Morgan fingerprint density at radius 2 is 1.50 bits per heavy atom. The Labute approximate surface area is 135 Å². The summed E-state index contributed by atoms with van der Waals surface area (Å²) in [6, 6.07) is 19.9. The fraction of sp³-hybridized carbons (Fsp3) is 0.111. The molecule has 0 N–H and O–H groups in total. The van der Waals surface area contributed by atoms with Crippen molar-refractivity contribution in [3.05, 3.63) is 65.7 Å². The van der Waals surface area contributed by atoms with Gasteiger partial charge in [-0.3, -0.25) is 0 Å². The van der Waals surface area contributed by atoms with Crippen LogP contribution in [0.4, 0.5) is 5.82 Å². The Bertz CT molecular complexity index is 768. The topological polar surface area (TPSA) is 29.0 Å². The minimum absolute atomic E-state index is 0.713. The number of halogens is 1. The van der Waals surface area contributed by atoms with Crippen LogP contribution in [-0.2, 0) is 0 Å². The largest absolute Gasteiger partial charge is 0.361 e. The summed E-state index contributed by atoms with van der Waals surface area (Å²) in [5, 5.41) is 9.46. The lowest BCUT2D eigenvalue weighted by Crippen LogP contribution is -2.13. The molecule has 0 amide bonds. The molecule has 2 aromatic carbocycles. The quantitative estimate of drug-likeness (QED) is 0.712. The third-order valence-electron chi connectivity index (χ3n) is 3.42. The molecule has 0 radical (unpaired) electrons. The van der Waals surface area contributed by atoms with Crippen molar-refractivity contribution >= 4 is 17.4 Å². The molecule has 4 heteroatoms. The Morgan fingerprint density at radius 3 is 2.14 bits per heavy atom. The molecule has 0 aliphatic heterocycles. The van der Waals surface area contributed by atoms with Crippen molar-refractivity contribution in [1.82, 2.24) is 10.2 Å². The van der Waals surface area contributed by atoms with Gasteiger partial charge >= 0.3 is 0 Å². The van der Waals surface area contributed by atoms with Crippen LogP contribution in [0.3, 0.4) is 0 Å². The van der Waals surface area contributed by atoms with Gasteiger partial charge in [-0.1, -0.05) is 54.1 Å². The van der Waals surface area contributed by atoms with Crippen LogP contribution in [0.15, 0.2) is 60.7 Å². The molecule has 0 atom stereocenters. The van der Waals surface area contributed by atoms with Gasteiger partial charge in [0, 0.05) is 30.2 Å². The lowest BCUT2D eigenvalue weighted by molar-refractivity contribution is 0.971. The monoisotopic (exact) mass is 309 g/mol. The van der Waals surface area contributed by atoms with E-state index >= 15 is 0 Å². The van der Waals surface area contributed by atoms with Crippen molar-refractivity contribution in [1.29, 1.82) is 0 Å². The zero-order valence-electron chi connectivity index (χ0n) is 12.5. The van der Waals surface area contributed by atoms with Crippen LogP contribution in [0.1, 0.15) is 0 Å². The van der Waals surface area contributed by atoms with Crippen molar-refractivity contribution in [2.45, 2.75) is 0 Å². The fourth-order valence-electron chi connectivity index (χ4n) is 2.31. The molecular weight excluding hydrogens is 294 g/mol. The summed E-state index contributed by atoms with van der Waals surface area (Å²) >= 11 is 5.95. The standard InChI is InChI=1S/C18H16ClN3/c1-22(2)18-16(13-6-4-3-5-7-13)12-17(20-21-18)14-8-10-15(19)11-9-14/h3-12H,1-2H3. The Balaban J connectivity index is 2.14. The average Bonchev–Trinajstić information content (AvgIpc) is 2.56. The maximum atomic E-state index is 5.95. The lowest BCUT2D eigenvalue weighted by atomic mass is 10.0. The third-order valence-corrected chi connectivity index (χ3v) is 3.67. The van der Waals surface area contributed by atoms with Crippen molar-refractivity contribution < 1.29 is 0 Å². The van der Waals surface area contributed by atoms with Gasteiger partial charge in [0.1, 0.15) is 0 Å². The number of aromatic nitrogens is 2. The van der Waals surface area contributed by atoms with E-state index in [-0.39, 0.29) is 0 Å². The number of nitrogens with zero attached hydrogens (tertiary/aromatic N) is 3. The Morgan fingerprint density at radius 1 is 0.818 bits per heavy atom. The average molecular weight is 310 g/mol. The molecule has 22 heavy (non-hydrogen) atoms. The van der Waals surface area contributed by atoms with E-state index in [1.54, 1.807) is 0 Å². The first-order chi connectivity index (χ1) is 10.6. The van der Waals surface area contributed by atoms with E-state index < -0.39 is 0 Å². The number of benzene rings is 2. The molecule has 0 fully saturated rings. The number of anilines is 1. The van der Waals surface area contributed by atoms with Crippen LogP contribution in [0, 0.1) is 0 Å². The van der Waals surface area contributed by atoms with Gasteiger partial charge in [0.2, 0.25) is 0 Å². The molecule has 0 bridgehead atoms. The van der Waals surface area contributed by atoms with E-state index in [0.717, 1.165) is 28.2 Å². The van der Waals surface area contributed by atoms with E-state index in [0.29, 0.717) is 5.02 Å². The molecule has 3 nitrogen and oxygen atoms in total. The second-order valence-electron chi connectivity index (χ2n) is 5.23. The van der Waals surface area contributed by atoms with Gasteiger partial charge in [-0.05, 0) is 23.8 Å². The molecule has 110 valence electrons. The molecule has 0 spiro atoms. The second-order valence-corrected chi connectivity index (χ2v) is 5.67. The Hall–Kier alpha value is -2.39. The van der Waals surface area contributed by atoms with Crippen molar-refractivity contribution in [3.63, 3.8) is 0 Å². The third kappa shape index (κ3) is 2.95. The summed E-state index contributed by atoms with van der Waals surface area (Å²) in [4.78, 5) is 1.97. The number of hydrogen-bond donors (Lipinski definition) is 0. The van der Waals surface area contributed by atoms with Crippen molar-refractivity contribution in [3.8, 4) is 22.4 Å². The van der Waals surface area contributed by atoms with Crippen LogP contribution < -0.4 is 4.90 Å². The van der Waals surface area contributed by atoms with Gasteiger partial charge in [-0.15, -0.1) is 10.2 Å². The summed E-state index contributed by atoms with van der Waals surface area (Å²) in [6.07, 6.45) is 0. The van der Waals surface area contributed by atoms with Gasteiger partial charge in [0.15, 0.2) is 5.82 Å². The maximum absolute atomic E-state index is 5.95. The minimum atomic E-state index is 0.713. The van der Waals surface area contributed by atoms with E-state index in [1.807, 2.05) is 61.5 Å². The highest BCUT2D eigenvalue weighted by atomic mass is 35.5. The predicted molar refractivity (Wildman–Crippen MR) is 92.2 cm³/mol. The van der Waals surface area contributed by atoms with E-state index in [2.05, 4.69) is 28.4 Å². The molecule has 1 heterocycles. The molecular formula is C18H16ClN3. The van der Waals surface area contributed by atoms with Gasteiger partial charge in [0.05, 0.1) is 5.69 Å². The molecule has 3 rings (SSSR count). The van der Waals surface area contributed by atoms with Crippen molar-refractivity contribution in [2.75, 3.05) is 19.0 Å². The van der Waals surface area contributed by atoms with Crippen LogP contribution in [0.2, 0.25) is 5.02 Å². The zero-order chi connectivity index (χ0) is 15.5. The van der Waals surface area contributed by atoms with Crippen LogP contribution >= 0.6 is 11.6 Å². The van der Waals surface area contributed by atoms with E-state index in [9.17, 15) is 0 Å². The maximum Gasteiger partial charge on any atom is 0.158 e. The normalized spacial score (nSPS) is 10.5. The summed E-state index contributed by atoms with van der Waals surface area (Å²) in [5.74, 6) is 0.851. The van der Waals surface area contributed by atoms with Crippen LogP contribution in [0.25, 0.3) is 22.4 Å². The first kappa shape index (κ1) is 14.5. The summed E-state index contributed by atoms with van der Waals surface area (Å²) in [5.41, 5.74) is 4.02. The van der Waals surface area contributed by atoms with Crippen molar-refractivity contribution in [2.24, 2.45) is 0 Å². The van der Waals surface area contributed by atoms with Gasteiger partial charge in [-0.2, -0.15) is 0 Å². The van der Waals surface area contributed by atoms with E-state index in [1.165, 1.54) is 0 Å². The highest BCUT2D eigenvalue weighted by Crippen LogP contribution is 2.31. The highest BCUT2D eigenvalue weighted by Gasteiger charge is 2.12. The fourth-order valence-corrected chi connectivity index (χ4v) is 2.43. The minimum Gasteiger partial charge on any atom is -0.361 e. The van der Waals surface area contributed by atoms with Crippen LogP contribution in [0.5, 0.6) is 0 Å². The summed E-state index contributed by atoms with van der Waals surface area (Å²) in [6.45, 7) is 0. The second kappa shape index (κ2) is 6.16. The van der Waals surface area contributed by atoms with Gasteiger partial charge in [0.25, 0.3) is 0 Å². The number of rotatable bonds is 3. The molecule has 1 aromatic heterocycles. The molecule has 3 aromatic rings. The highest BCUT2D eigenvalue weighted by molar-refractivity contribution is 6.30. The van der Waals surface area contributed by atoms with Gasteiger partial charge in [-0.25, -0.2) is 0 Å². The SMILES string of the molecule is CN(C)c1nnc(-c2ccc(Cl)cc2)cc1-c1ccccc1. The lowest BCUT2D eigenvalue weighted by Gasteiger charge is -2.16. The molecule has 0 saturated heterocycles. The summed E-state index contributed by atoms with van der Waals surface area (Å²) < 4.78 is 0. The predicted octanol–water partition coefficient (Wildman–Crippen LogP) is 4.53. The zero-order valence-corrected chi connectivity index (χ0v) is 13.2. The van der Waals surface area contributed by atoms with Gasteiger partial charge < -0.3 is 4.90 Å². The molecule has 0 aliphatic rings. The number of hydrogen-bond acceptors (Lipinski definition) is 3. The molecule has 0 saturated carbocycles. The van der Waals surface area contributed by atoms with E-state index in [4.69, 9.17) is 11.6 Å². The van der Waals surface area contributed by atoms with Crippen LogP contribution in [-0.4, -0.2) is 24.3 Å². The summed E-state index contributed by atoms with van der Waals surface area (Å²) in [7, 11) is 3.94. The first-order valence-electron chi connectivity index (χ1n) is 7.01. The molecule has 0 aliphatic carbocycles. The first-order valence-corrected chi connectivity index (χ1v) is 7.39. The molecule has 0 unspecified atom stereocenters. The smallest absolute Gasteiger partial charge is 0.158 e. The Kier molecular flexibility index (Phi) is 4.07.